The molecule has 68 valence electrons. The van der Waals surface area contributed by atoms with E-state index < -0.39 is 0 Å². The average molecular weight is 182 g/mol. The Kier molecular flexibility index (Phi) is 2.12. The number of hydrogen-bond acceptors (Lipinski definition) is 1. The molecule has 0 aliphatic heterocycles. The van der Waals surface area contributed by atoms with Crippen molar-refractivity contribution < 1.29 is 4.42 Å². The molecule has 1 aromatic carbocycles. The summed E-state index contributed by atoms with van der Waals surface area (Å²) in [5.41, 5.74) is 1.64. The lowest BCUT2D eigenvalue weighted by molar-refractivity contribution is 0.576. The van der Waals surface area contributed by atoms with Crippen LogP contribution in [0, 0.1) is 12.3 Å². The van der Waals surface area contributed by atoms with Gasteiger partial charge in [0.1, 0.15) is 11.0 Å². The Bertz CT molecular complexity index is 609. The number of hydrogen-bond donors (Lipinski definition) is 0. The number of fused-ring (bicyclic) bond motifs is 1. The Hall–Kier alpha value is -1.94. The van der Waals surface area contributed by atoms with E-state index in [9.17, 15) is 0 Å². The molecule has 2 rings (SSSR count). The van der Waals surface area contributed by atoms with Crippen molar-refractivity contribution in [1.82, 2.24) is 0 Å². The second-order valence-corrected chi connectivity index (χ2v) is 2.98. The molecule has 0 N–H and O–H groups in total. The van der Waals surface area contributed by atoms with Gasteiger partial charge in [0.05, 0.1) is 0 Å². The molecular formula is C13H10O. The third-order valence-corrected chi connectivity index (χ3v) is 2.17. The Morgan fingerprint density at radius 3 is 2.86 bits per heavy atom. The fourth-order valence-corrected chi connectivity index (χ4v) is 1.56. The van der Waals surface area contributed by atoms with Crippen LogP contribution in [0.2, 0.25) is 0 Å². The molecule has 0 saturated carbocycles. The van der Waals surface area contributed by atoms with Crippen LogP contribution in [0.3, 0.4) is 0 Å². The molecular weight excluding hydrogens is 172 g/mol. The zero-order valence-corrected chi connectivity index (χ0v) is 7.95. The largest absolute Gasteiger partial charge is 0.455 e. The molecule has 14 heavy (non-hydrogen) atoms. The van der Waals surface area contributed by atoms with Crippen LogP contribution in [-0.2, 0) is 0 Å². The molecule has 0 aliphatic carbocycles. The van der Waals surface area contributed by atoms with Gasteiger partial charge >= 0.3 is 0 Å². The van der Waals surface area contributed by atoms with Crippen molar-refractivity contribution in [3.8, 4) is 12.3 Å². The minimum Gasteiger partial charge on any atom is -0.455 e. The molecule has 0 atom stereocenters. The Labute approximate surface area is 82.4 Å². The highest BCUT2D eigenvalue weighted by atomic mass is 16.3. The predicted octanol–water partition coefficient (Wildman–Crippen LogP) is 1.65. The molecule has 1 heteroatoms. The highest BCUT2D eigenvalue weighted by molar-refractivity contribution is 5.79. The van der Waals surface area contributed by atoms with Gasteiger partial charge in [-0.3, -0.25) is 0 Å². The van der Waals surface area contributed by atoms with Crippen molar-refractivity contribution >= 4 is 23.1 Å². The van der Waals surface area contributed by atoms with Crippen LogP contribution in [0.25, 0.3) is 23.1 Å². The van der Waals surface area contributed by atoms with E-state index in [4.69, 9.17) is 10.8 Å². The molecule has 0 saturated heterocycles. The first-order valence-electron chi connectivity index (χ1n) is 4.47. The van der Waals surface area contributed by atoms with Gasteiger partial charge in [-0.1, -0.05) is 30.2 Å². The quantitative estimate of drug-likeness (QED) is 0.565. The number of benzene rings is 1. The van der Waals surface area contributed by atoms with E-state index in [1.165, 1.54) is 0 Å². The minimum absolute atomic E-state index is 0.760. The maximum Gasteiger partial charge on any atom is 0.143 e. The van der Waals surface area contributed by atoms with Gasteiger partial charge in [0.2, 0.25) is 0 Å². The second kappa shape index (κ2) is 3.43. The topological polar surface area (TPSA) is 13.1 Å². The van der Waals surface area contributed by atoms with E-state index in [0.717, 1.165) is 21.6 Å². The summed E-state index contributed by atoms with van der Waals surface area (Å²) in [6, 6.07) is 7.91. The predicted molar refractivity (Wildman–Crippen MR) is 58.9 cm³/mol. The molecule has 0 fully saturated rings. The molecule has 1 nitrogen and oxygen atoms in total. The van der Waals surface area contributed by atoms with Crippen molar-refractivity contribution in [3.05, 3.63) is 34.9 Å². The molecule has 1 heterocycles. The monoisotopic (exact) mass is 182 g/mol. The summed E-state index contributed by atoms with van der Waals surface area (Å²) in [4.78, 5) is 0. The standard InChI is InChI=1S/C13H10O/c1-3-7-12-10(4-2)11-8-5-6-9-13(11)14-12/h1,4-9H,2H3/b10-4-,12-7+. The number of rotatable bonds is 0. The first kappa shape index (κ1) is 8.65. The van der Waals surface area contributed by atoms with Gasteiger partial charge in [-0.05, 0) is 13.0 Å². The van der Waals surface area contributed by atoms with Gasteiger partial charge in [0.15, 0.2) is 0 Å². The van der Waals surface area contributed by atoms with E-state index in [2.05, 4.69) is 5.92 Å². The summed E-state index contributed by atoms with van der Waals surface area (Å²) in [6.45, 7) is 1.98. The molecule has 0 aliphatic rings. The maximum atomic E-state index is 5.60. The van der Waals surface area contributed by atoms with E-state index in [0.29, 0.717) is 0 Å². The van der Waals surface area contributed by atoms with Crippen LogP contribution in [0.4, 0.5) is 0 Å². The summed E-state index contributed by atoms with van der Waals surface area (Å²) in [5.74, 6) is 2.48. The second-order valence-electron chi connectivity index (χ2n) is 2.98. The summed E-state index contributed by atoms with van der Waals surface area (Å²) >= 11 is 0. The smallest absolute Gasteiger partial charge is 0.143 e. The van der Waals surface area contributed by atoms with E-state index in [-0.39, 0.29) is 0 Å². The zero-order valence-electron chi connectivity index (χ0n) is 7.95. The first-order chi connectivity index (χ1) is 6.86. The van der Waals surface area contributed by atoms with Crippen molar-refractivity contribution in [1.29, 1.82) is 0 Å². The molecule has 1 aromatic heterocycles. The lowest BCUT2D eigenvalue weighted by atomic mass is 10.2. The van der Waals surface area contributed by atoms with E-state index >= 15 is 0 Å². The molecule has 0 bridgehead atoms. The fraction of sp³-hybridized carbons (Fsp3) is 0.0769. The van der Waals surface area contributed by atoms with Gasteiger partial charge in [-0.15, -0.1) is 6.42 Å². The lowest BCUT2D eigenvalue weighted by Gasteiger charge is -1.82. The Morgan fingerprint density at radius 2 is 2.14 bits per heavy atom. The number of terminal acetylenes is 1. The Balaban J connectivity index is 3.04. The molecule has 0 amide bonds. The zero-order chi connectivity index (χ0) is 9.97. The number of para-hydroxylation sites is 1. The summed E-state index contributed by atoms with van der Waals surface area (Å²) in [5, 5.41) is 2.18. The van der Waals surface area contributed by atoms with Crippen molar-refractivity contribution in [3.63, 3.8) is 0 Å². The van der Waals surface area contributed by atoms with Crippen LogP contribution in [0.5, 0.6) is 0 Å². The lowest BCUT2D eigenvalue weighted by Crippen LogP contribution is -2.18. The van der Waals surface area contributed by atoms with Crippen LogP contribution < -0.4 is 10.6 Å². The SMILES string of the molecule is C#C/C=c1/oc2ccccc2/c1=C/C. The van der Waals surface area contributed by atoms with E-state index in [1.807, 2.05) is 37.3 Å². The van der Waals surface area contributed by atoms with E-state index in [1.54, 1.807) is 6.08 Å². The maximum absolute atomic E-state index is 5.60. The summed E-state index contributed by atoms with van der Waals surface area (Å²) in [6.07, 6.45) is 8.88. The summed E-state index contributed by atoms with van der Waals surface area (Å²) in [7, 11) is 0. The van der Waals surface area contributed by atoms with Crippen LogP contribution in [0.15, 0.2) is 28.7 Å². The van der Waals surface area contributed by atoms with Gasteiger partial charge in [-0.25, -0.2) is 0 Å². The van der Waals surface area contributed by atoms with Gasteiger partial charge < -0.3 is 4.42 Å². The van der Waals surface area contributed by atoms with Crippen molar-refractivity contribution in [2.75, 3.05) is 0 Å². The third-order valence-electron chi connectivity index (χ3n) is 2.17. The number of furan rings is 1. The molecule has 0 spiro atoms. The fourth-order valence-electron chi connectivity index (χ4n) is 1.56. The van der Waals surface area contributed by atoms with Gasteiger partial charge in [0.25, 0.3) is 0 Å². The third kappa shape index (κ3) is 1.22. The average Bonchev–Trinajstić information content (AvgIpc) is 2.55. The molecule has 0 unspecified atom stereocenters. The molecule has 0 radical (unpaired) electrons. The normalized spacial score (nSPS) is 13.4. The van der Waals surface area contributed by atoms with Crippen LogP contribution in [0.1, 0.15) is 6.92 Å². The highest BCUT2D eigenvalue weighted by Crippen LogP contribution is 2.06. The highest BCUT2D eigenvalue weighted by Gasteiger charge is 1.99. The molecule has 2 aromatic rings. The van der Waals surface area contributed by atoms with Crippen molar-refractivity contribution in [2.24, 2.45) is 0 Å². The first-order valence-corrected chi connectivity index (χ1v) is 4.47. The van der Waals surface area contributed by atoms with Crippen molar-refractivity contribution in [2.45, 2.75) is 6.92 Å². The van der Waals surface area contributed by atoms with Crippen LogP contribution >= 0.6 is 0 Å². The van der Waals surface area contributed by atoms with Crippen LogP contribution in [-0.4, -0.2) is 0 Å². The Morgan fingerprint density at radius 1 is 1.36 bits per heavy atom. The minimum atomic E-state index is 0.760. The summed E-state index contributed by atoms with van der Waals surface area (Å²) < 4.78 is 5.60. The van der Waals surface area contributed by atoms with Gasteiger partial charge in [-0.2, -0.15) is 0 Å². The van der Waals surface area contributed by atoms with Gasteiger partial charge in [0, 0.05) is 16.7 Å².